The zero-order chi connectivity index (χ0) is 17.1. The number of pyridine rings is 2. The van der Waals surface area contributed by atoms with Crippen molar-refractivity contribution in [2.24, 2.45) is 0 Å². The van der Waals surface area contributed by atoms with Gasteiger partial charge >= 0.3 is 0 Å². The Morgan fingerprint density at radius 1 is 1.25 bits per heavy atom. The molecule has 0 radical (unpaired) electrons. The number of halogens is 2. The van der Waals surface area contributed by atoms with Crippen LogP contribution in [0.2, 0.25) is 10.2 Å². The van der Waals surface area contributed by atoms with Crippen LogP contribution < -0.4 is 4.74 Å². The number of fused-ring (bicyclic) bond motifs is 1. The smallest absolute Gasteiger partial charge is 0.140 e. The number of ether oxygens (including phenoxy) is 1. The standard InChI is InChI=1S/C19H16Cl2N2O/c1-3-12(2)15-8-13-9-16(20)18(10-17(13)23-19(15)21)24-11-14-6-4-5-7-22-14/h3-10,12H,1,11H2,2H3/t12-/m0/s1. The van der Waals surface area contributed by atoms with Crippen LogP contribution in [0.15, 0.2) is 55.3 Å². The first kappa shape index (κ1) is 16.7. The molecule has 0 spiro atoms. The summed E-state index contributed by atoms with van der Waals surface area (Å²) in [6, 6.07) is 11.3. The van der Waals surface area contributed by atoms with E-state index in [1.807, 2.05) is 43.3 Å². The summed E-state index contributed by atoms with van der Waals surface area (Å²) in [6.07, 6.45) is 3.56. The maximum Gasteiger partial charge on any atom is 0.140 e. The lowest BCUT2D eigenvalue weighted by Crippen LogP contribution is -1.99. The SMILES string of the molecule is C=C[C@H](C)c1cc2cc(Cl)c(OCc3ccccn3)cc2nc1Cl. The van der Waals surface area contributed by atoms with E-state index < -0.39 is 0 Å². The Morgan fingerprint density at radius 2 is 2.08 bits per heavy atom. The van der Waals surface area contributed by atoms with E-state index >= 15 is 0 Å². The highest BCUT2D eigenvalue weighted by atomic mass is 35.5. The molecule has 0 saturated heterocycles. The Hall–Kier alpha value is -2.10. The first-order valence-electron chi connectivity index (χ1n) is 7.53. The van der Waals surface area contributed by atoms with Crippen LogP contribution in [0.4, 0.5) is 0 Å². The summed E-state index contributed by atoms with van der Waals surface area (Å²) in [4.78, 5) is 8.69. The molecule has 0 aliphatic carbocycles. The van der Waals surface area contributed by atoms with Gasteiger partial charge in [-0.3, -0.25) is 4.98 Å². The van der Waals surface area contributed by atoms with Crippen molar-refractivity contribution in [1.82, 2.24) is 9.97 Å². The van der Waals surface area contributed by atoms with Crippen LogP contribution in [-0.4, -0.2) is 9.97 Å². The third kappa shape index (κ3) is 3.53. The molecule has 2 heterocycles. The van der Waals surface area contributed by atoms with Crippen molar-refractivity contribution in [2.45, 2.75) is 19.4 Å². The van der Waals surface area contributed by atoms with Crippen molar-refractivity contribution in [3.63, 3.8) is 0 Å². The molecule has 3 rings (SSSR count). The second-order valence-corrected chi connectivity index (χ2v) is 6.24. The number of hydrogen-bond acceptors (Lipinski definition) is 3. The summed E-state index contributed by atoms with van der Waals surface area (Å²) in [5, 5.41) is 1.91. The number of allylic oxidation sites excluding steroid dienone is 1. The van der Waals surface area contributed by atoms with Crippen LogP contribution in [0.5, 0.6) is 5.75 Å². The highest BCUT2D eigenvalue weighted by molar-refractivity contribution is 6.33. The zero-order valence-corrected chi connectivity index (χ0v) is 14.7. The van der Waals surface area contributed by atoms with Gasteiger partial charge in [-0.2, -0.15) is 0 Å². The Bertz CT molecular complexity index is 881. The number of benzene rings is 1. The third-order valence-electron chi connectivity index (χ3n) is 3.79. The minimum atomic E-state index is 0.119. The van der Waals surface area contributed by atoms with E-state index in [1.54, 1.807) is 12.3 Å². The van der Waals surface area contributed by atoms with Gasteiger partial charge in [0.1, 0.15) is 17.5 Å². The molecular formula is C19H16Cl2N2O. The zero-order valence-electron chi connectivity index (χ0n) is 13.2. The lowest BCUT2D eigenvalue weighted by Gasteiger charge is -2.12. The molecule has 0 N–H and O–H groups in total. The summed E-state index contributed by atoms with van der Waals surface area (Å²) >= 11 is 12.6. The minimum Gasteiger partial charge on any atom is -0.486 e. The van der Waals surface area contributed by atoms with Crippen LogP contribution >= 0.6 is 23.2 Å². The van der Waals surface area contributed by atoms with E-state index in [1.165, 1.54) is 0 Å². The Labute approximate surface area is 150 Å². The fourth-order valence-corrected chi connectivity index (χ4v) is 2.90. The van der Waals surface area contributed by atoms with Crippen LogP contribution in [-0.2, 0) is 6.61 Å². The molecule has 3 aromatic rings. The molecule has 0 fully saturated rings. The molecule has 122 valence electrons. The summed E-state index contributed by atoms with van der Waals surface area (Å²) in [6.45, 7) is 6.16. The topological polar surface area (TPSA) is 35.0 Å². The van der Waals surface area contributed by atoms with Crippen LogP contribution in [0, 0.1) is 0 Å². The van der Waals surface area contributed by atoms with Gasteiger partial charge in [-0.25, -0.2) is 4.98 Å². The number of aromatic nitrogens is 2. The van der Waals surface area contributed by atoms with Crippen molar-refractivity contribution < 1.29 is 4.74 Å². The molecule has 0 saturated carbocycles. The molecule has 0 aliphatic heterocycles. The Morgan fingerprint density at radius 3 is 2.79 bits per heavy atom. The van der Waals surface area contributed by atoms with Crippen LogP contribution in [0.3, 0.4) is 0 Å². The predicted octanol–water partition coefficient (Wildman–Crippen LogP) is 5.81. The molecule has 0 unspecified atom stereocenters. The van der Waals surface area contributed by atoms with Gasteiger partial charge in [0.15, 0.2) is 0 Å². The molecule has 1 atom stereocenters. The van der Waals surface area contributed by atoms with E-state index in [0.717, 1.165) is 22.2 Å². The van der Waals surface area contributed by atoms with Crippen LogP contribution in [0.1, 0.15) is 24.1 Å². The molecule has 0 amide bonds. The van der Waals surface area contributed by atoms with Gasteiger partial charge in [-0.15, -0.1) is 6.58 Å². The molecule has 0 aliphatic rings. The Balaban J connectivity index is 1.93. The van der Waals surface area contributed by atoms with E-state index in [4.69, 9.17) is 27.9 Å². The minimum absolute atomic E-state index is 0.119. The van der Waals surface area contributed by atoms with Crippen molar-refractivity contribution in [1.29, 1.82) is 0 Å². The van der Waals surface area contributed by atoms with Crippen molar-refractivity contribution in [3.05, 3.63) is 76.7 Å². The quantitative estimate of drug-likeness (QED) is 0.426. The lowest BCUT2D eigenvalue weighted by molar-refractivity contribution is 0.302. The van der Waals surface area contributed by atoms with Gasteiger partial charge in [0, 0.05) is 23.6 Å². The van der Waals surface area contributed by atoms with Gasteiger partial charge in [-0.1, -0.05) is 42.3 Å². The van der Waals surface area contributed by atoms with E-state index in [2.05, 4.69) is 16.5 Å². The normalized spacial score (nSPS) is 12.1. The highest BCUT2D eigenvalue weighted by Crippen LogP contribution is 2.33. The molecular weight excluding hydrogens is 343 g/mol. The van der Waals surface area contributed by atoms with Crippen molar-refractivity contribution in [3.8, 4) is 5.75 Å². The second kappa shape index (κ2) is 7.20. The third-order valence-corrected chi connectivity index (χ3v) is 4.39. The summed E-state index contributed by atoms with van der Waals surface area (Å²) in [5.74, 6) is 0.677. The molecule has 0 bridgehead atoms. The van der Waals surface area contributed by atoms with Gasteiger partial charge < -0.3 is 4.74 Å². The highest BCUT2D eigenvalue weighted by Gasteiger charge is 2.12. The predicted molar refractivity (Wildman–Crippen MR) is 98.9 cm³/mol. The number of nitrogens with zero attached hydrogens (tertiary/aromatic N) is 2. The van der Waals surface area contributed by atoms with Crippen molar-refractivity contribution >= 4 is 34.1 Å². The average molecular weight is 359 g/mol. The van der Waals surface area contributed by atoms with Crippen LogP contribution in [0.25, 0.3) is 10.9 Å². The maximum absolute atomic E-state index is 6.35. The molecule has 5 heteroatoms. The van der Waals surface area contributed by atoms with Crippen molar-refractivity contribution in [2.75, 3.05) is 0 Å². The van der Waals surface area contributed by atoms with E-state index in [0.29, 0.717) is 22.5 Å². The van der Waals surface area contributed by atoms with Gasteiger partial charge in [0.05, 0.1) is 16.2 Å². The lowest BCUT2D eigenvalue weighted by atomic mass is 10.0. The number of hydrogen-bond donors (Lipinski definition) is 0. The molecule has 24 heavy (non-hydrogen) atoms. The monoisotopic (exact) mass is 358 g/mol. The first-order valence-corrected chi connectivity index (χ1v) is 8.29. The van der Waals surface area contributed by atoms with Gasteiger partial charge in [0.2, 0.25) is 0 Å². The maximum atomic E-state index is 6.35. The summed E-state index contributed by atoms with van der Waals surface area (Å²) in [7, 11) is 0. The molecule has 1 aromatic carbocycles. The Kier molecular flexibility index (Phi) is 5.03. The van der Waals surface area contributed by atoms with Gasteiger partial charge in [0.25, 0.3) is 0 Å². The summed E-state index contributed by atoms with van der Waals surface area (Å²) < 4.78 is 5.78. The van der Waals surface area contributed by atoms with E-state index in [9.17, 15) is 0 Å². The van der Waals surface area contributed by atoms with Gasteiger partial charge in [-0.05, 0) is 29.8 Å². The second-order valence-electron chi connectivity index (χ2n) is 5.48. The fraction of sp³-hybridized carbons (Fsp3) is 0.158. The molecule has 3 nitrogen and oxygen atoms in total. The first-order chi connectivity index (χ1) is 11.6. The number of rotatable bonds is 5. The largest absolute Gasteiger partial charge is 0.486 e. The molecule has 2 aromatic heterocycles. The average Bonchev–Trinajstić information content (AvgIpc) is 2.60. The van der Waals surface area contributed by atoms with E-state index in [-0.39, 0.29) is 5.92 Å². The fourth-order valence-electron chi connectivity index (χ4n) is 2.36. The summed E-state index contributed by atoms with van der Waals surface area (Å²) in [5.41, 5.74) is 2.49.